The minimum atomic E-state index is -0.439. The monoisotopic (exact) mass is 359 g/mol. The van der Waals surface area contributed by atoms with Gasteiger partial charge in [-0.2, -0.15) is 5.10 Å². The molecule has 0 aliphatic rings. The summed E-state index contributed by atoms with van der Waals surface area (Å²) < 4.78 is 5.30. The van der Waals surface area contributed by atoms with Crippen molar-refractivity contribution in [3.63, 3.8) is 0 Å². The van der Waals surface area contributed by atoms with E-state index >= 15 is 0 Å². The molecule has 27 heavy (non-hydrogen) atoms. The number of carbonyl (C=O) groups excluding carboxylic acids is 2. The Balaban J connectivity index is 1.50. The largest absolute Gasteiger partial charge is 0.423 e. The van der Waals surface area contributed by atoms with Crippen LogP contribution in [0.2, 0.25) is 0 Å². The van der Waals surface area contributed by atoms with Gasteiger partial charge in [-0.05, 0) is 54.1 Å². The molecular formula is C21H17N3O3. The van der Waals surface area contributed by atoms with Gasteiger partial charge < -0.3 is 10.1 Å². The summed E-state index contributed by atoms with van der Waals surface area (Å²) >= 11 is 0. The van der Waals surface area contributed by atoms with E-state index in [1.165, 1.54) is 6.21 Å². The quantitative estimate of drug-likeness (QED) is 0.312. The standard InChI is InChI=1S/C21H17N3O3/c25-20(17-7-3-1-4-8-17)27-19-13-11-16(12-14-19)15-22-24-21(26)23-18-9-5-2-6-10-18/h1-15H,(H2,23,24,26). The van der Waals surface area contributed by atoms with Gasteiger partial charge in [0.2, 0.25) is 0 Å². The van der Waals surface area contributed by atoms with Gasteiger partial charge in [0, 0.05) is 5.69 Å². The molecule has 0 aliphatic heterocycles. The Labute approximate surface area is 156 Å². The number of para-hydroxylation sites is 1. The molecule has 2 amide bonds. The minimum absolute atomic E-state index is 0.420. The van der Waals surface area contributed by atoms with Crippen molar-refractivity contribution in [2.75, 3.05) is 5.32 Å². The smallest absolute Gasteiger partial charge is 0.343 e. The Morgan fingerprint density at radius 2 is 1.44 bits per heavy atom. The highest BCUT2D eigenvalue weighted by Crippen LogP contribution is 2.13. The lowest BCUT2D eigenvalue weighted by Crippen LogP contribution is -2.24. The van der Waals surface area contributed by atoms with E-state index in [9.17, 15) is 9.59 Å². The molecule has 6 nitrogen and oxygen atoms in total. The number of rotatable bonds is 5. The van der Waals surface area contributed by atoms with Crippen molar-refractivity contribution in [3.8, 4) is 5.75 Å². The summed E-state index contributed by atoms with van der Waals surface area (Å²) in [6.07, 6.45) is 1.49. The fourth-order valence-corrected chi connectivity index (χ4v) is 2.21. The van der Waals surface area contributed by atoms with Gasteiger partial charge in [0.15, 0.2) is 0 Å². The number of nitrogens with zero attached hydrogens (tertiary/aromatic N) is 1. The van der Waals surface area contributed by atoms with Gasteiger partial charge in [-0.25, -0.2) is 15.0 Å². The molecule has 134 valence electrons. The SMILES string of the molecule is O=C(NN=Cc1ccc(OC(=O)c2ccccc2)cc1)Nc1ccccc1. The molecule has 0 radical (unpaired) electrons. The summed E-state index contributed by atoms with van der Waals surface area (Å²) in [6.45, 7) is 0. The van der Waals surface area contributed by atoms with Crippen molar-refractivity contribution in [3.05, 3.63) is 96.1 Å². The number of hydrogen-bond donors (Lipinski definition) is 2. The second kappa shape index (κ2) is 8.96. The molecule has 6 heteroatoms. The number of amides is 2. The van der Waals surface area contributed by atoms with Gasteiger partial charge in [-0.3, -0.25) is 0 Å². The highest BCUT2D eigenvalue weighted by Gasteiger charge is 2.07. The second-order valence-electron chi connectivity index (χ2n) is 5.51. The predicted molar refractivity (Wildman–Crippen MR) is 104 cm³/mol. The van der Waals surface area contributed by atoms with E-state index in [0.717, 1.165) is 5.56 Å². The second-order valence-corrected chi connectivity index (χ2v) is 5.51. The summed E-state index contributed by atoms with van der Waals surface area (Å²) in [5, 5.41) is 6.53. The molecule has 0 fully saturated rings. The number of hydrogen-bond acceptors (Lipinski definition) is 4. The zero-order valence-electron chi connectivity index (χ0n) is 14.3. The summed E-state index contributed by atoms with van der Waals surface area (Å²) in [5.74, 6) is 0.00653. The molecule has 0 heterocycles. The minimum Gasteiger partial charge on any atom is -0.423 e. The summed E-state index contributed by atoms with van der Waals surface area (Å²) in [5.41, 5.74) is 4.29. The van der Waals surface area contributed by atoms with Crippen LogP contribution in [0.25, 0.3) is 0 Å². The molecule has 0 spiro atoms. The van der Waals surface area contributed by atoms with Crippen molar-refractivity contribution < 1.29 is 14.3 Å². The molecule has 0 atom stereocenters. The predicted octanol–water partition coefficient (Wildman–Crippen LogP) is 4.06. The van der Waals surface area contributed by atoms with Crippen LogP contribution in [-0.4, -0.2) is 18.2 Å². The van der Waals surface area contributed by atoms with Gasteiger partial charge in [-0.15, -0.1) is 0 Å². The molecule has 0 unspecified atom stereocenters. The molecule has 3 aromatic carbocycles. The van der Waals surface area contributed by atoms with Crippen molar-refractivity contribution in [1.29, 1.82) is 0 Å². The first-order valence-corrected chi connectivity index (χ1v) is 8.23. The Hall–Kier alpha value is -3.93. The summed E-state index contributed by atoms with van der Waals surface area (Å²) in [4.78, 5) is 23.7. The number of esters is 1. The van der Waals surface area contributed by atoms with Crippen LogP contribution in [0.5, 0.6) is 5.75 Å². The maximum absolute atomic E-state index is 12.0. The van der Waals surface area contributed by atoms with E-state index in [-0.39, 0.29) is 0 Å². The normalized spacial score (nSPS) is 10.4. The third-order valence-electron chi connectivity index (χ3n) is 3.51. The Bertz CT molecular complexity index is 924. The first-order valence-electron chi connectivity index (χ1n) is 8.23. The van der Waals surface area contributed by atoms with Crippen LogP contribution < -0.4 is 15.5 Å². The number of hydrazone groups is 1. The van der Waals surface area contributed by atoms with Crippen LogP contribution in [0.4, 0.5) is 10.5 Å². The van der Waals surface area contributed by atoms with Crippen molar-refractivity contribution in [2.24, 2.45) is 5.10 Å². The average molecular weight is 359 g/mol. The topological polar surface area (TPSA) is 79.8 Å². The maximum Gasteiger partial charge on any atom is 0.343 e. The molecular weight excluding hydrogens is 342 g/mol. The number of benzene rings is 3. The van der Waals surface area contributed by atoms with Crippen molar-refractivity contribution in [2.45, 2.75) is 0 Å². The first-order chi connectivity index (χ1) is 13.2. The van der Waals surface area contributed by atoms with Gasteiger partial charge in [0.05, 0.1) is 11.8 Å². The summed E-state index contributed by atoms with van der Waals surface area (Å²) in [7, 11) is 0. The fraction of sp³-hybridized carbons (Fsp3) is 0. The maximum atomic E-state index is 12.0. The van der Waals surface area contributed by atoms with E-state index in [2.05, 4.69) is 15.8 Å². The van der Waals surface area contributed by atoms with Crippen LogP contribution in [0.1, 0.15) is 15.9 Å². The average Bonchev–Trinajstić information content (AvgIpc) is 2.71. The fourth-order valence-electron chi connectivity index (χ4n) is 2.21. The van der Waals surface area contributed by atoms with Gasteiger partial charge in [-0.1, -0.05) is 36.4 Å². The van der Waals surface area contributed by atoms with Crippen LogP contribution >= 0.6 is 0 Å². The van der Waals surface area contributed by atoms with Gasteiger partial charge >= 0.3 is 12.0 Å². The lowest BCUT2D eigenvalue weighted by Gasteiger charge is -2.05. The Kier molecular flexibility index (Phi) is 5.93. The molecule has 3 aromatic rings. The van der Waals surface area contributed by atoms with E-state index in [4.69, 9.17) is 4.74 Å². The molecule has 0 aromatic heterocycles. The van der Waals surface area contributed by atoms with Crippen LogP contribution in [0.3, 0.4) is 0 Å². The highest BCUT2D eigenvalue weighted by atomic mass is 16.5. The molecule has 3 rings (SSSR count). The third-order valence-corrected chi connectivity index (χ3v) is 3.51. The zero-order valence-corrected chi connectivity index (χ0v) is 14.3. The lowest BCUT2D eigenvalue weighted by atomic mass is 10.2. The van der Waals surface area contributed by atoms with Crippen LogP contribution in [0.15, 0.2) is 90.0 Å². The summed E-state index contributed by atoms with van der Waals surface area (Å²) in [6, 6.07) is 24.2. The van der Waals surface area contributed by atoms with E-state index < -0.39 is 12.0 Å². The van der Waals surface area contributed by atoms with Crippen molar-refractivity contribution >= 4 is 23.9 Å². The molecule has 0 aliphatic carbocycles. The molecule has 2 N–H and O–H groups in total. The third kappa shape index (κ3) is 5.54. The zero-order chi connectivity index (χ0) is 18.9. The number of anilines is 1. The number of ether oxygens (including phenoxy) is 1. The highest BCUT2D eigenvalue weighted by molar-refractivity contribution is 5.91. The molecule has 0 saturated carbocycles. The van der Waals surface area contributed by atoms with E-state index in [1.54, 1.807) is 60.7 Å². The number of carbonyl (C=O) groups is 2. The Morgan fingerprint density at radius 1 is 0.815 bits per heavy atom. The van der Waals surface area contributed by atoms with Gasteiger partial charge in [0.25, 0.3) is 0 Å². The molecule has 0 saturated heterocycles. The lowest BCUT2D eigenvalue weighted by molar-refractivity contribution is 0.0734. The number of urea groups is 1. The number of nitrogens with one attached hydrogen (secondary N) is 2. The van der Waals surface area contributed by atoms with Crippen LogP contribution in [0, 0.1) is 0 Å². The van der Waals surface area contributed by atoms with E-state index in [1.807, 2.05) is 24.3 Å². The molecule has 0 bridgehead atoms. The Morgan fingerprint density at radius 3 is 2.11 bits per heavy atom. The van der Waals surface area contributed by atoms with Crippen LogP contribution in [-0.2, 0) is 0 Å². The van der Waals surface area contributed by atoms with Crippen molar-refractivity contribution in [1.82, 2.24) is 5.43 Å². The van der Waals surface area contributed by atoms with Gasteiger partial charge in [0.1, 0.15) is 5.75 Å². The first kappa shape index (κ1) is 17.9. The van der Waals surface area contributed by atoms with E-state index in [0.29, 0.717) is 17.0 Å².